The lowest BCUT2D eigenvalue weighted by molar-refractivity contribution is 0.0624. The molecule has 0 bridgehead atoms. The van der Waals surface area contributed by atoms with Gasteiger partial charge >= 0.3 is 18.3 Å². The fourth-order valence-corrected chi connectivity index (χ4v) is 6.31. The average Bonchev–Trinajstić information content (AvgIpc) is 3.41. The van der Waals surface area contributed by atoms with E-state index >= 15 is 0 Å². The number of nitrogen functional groups attached to an aromatic ring is 2. The van der Waals surface area contributed by atoms with Gasteiger partial charge < -0.3 is 25.7 Å². The number of allylic oxidation sites excluding steroid dienone is 3. The second-order valence-corrected chi connectivity index (χ2v) is 21.6. The Balaban J connectivity index is 0.000000994. The Kier molecular flexibility index (Phi) is 35.7. The van der Waals surface area contributed by atoms with E-state index in [1.807, 2.05) is 32.1 Å². The molecule has 3 amide bonds. The monoisotopic (exact) mass is 1170 g/mol. The number of amides is 3. The summed E-state index contributed by atoms with van der Waals surface area (Å²) in [6, 6.07) is 22.2. The number of rotatable bonds is 14. The molecular formula is C65H89ClF5N5O6. The zero-order chi connectivity index (χ0) is 62.6. The van der Waals surface area contributed by atoms with Crippen molar-refractivity contribution in [3.8, 4) is 0 Å². The summed E-state index contributed by atoms with van der Waals surface area (Å²) in [7, 11) is 0. The van der Waals surface area contributed by atoms with Crippen LogP contribution in [0, 0.1) is 29.1 Å². The van der Waals surface area contributed by atoms with Crippen LogP contribution in [0.15, 0.2) is 116 Å². The molecule has 0 fully saturated rings. The van der Waals surface area contributed by atoms with Crippen LogP contribution in [-0.4, -0.2) is 35.1 Å². The minimum atomic E-state index is -0.602. The van der Waals surface area contributed by atoms with E-state index < -0.39 is 40.9 Å². The highest BCUT2D eigenvalue weighted by atomic mass is 35.5. The molecule has 0 atom stereocenters. The van der Waals surface area contributed by atoms with Gasteiger partial charge in [-0.2, -0.15) is 0 Å². The lowest BCUT2D eigenvalue weighted by Crippen LogP contribution is -2.27. The molecule has 452 valence electrons. The summed E-state index contributed by atoms with van der Waals surface area (Å²) in [4.78, 5) is 34.6. The van der Waals surface area contributed by atoms with Crippen LogP contribution >= 0.6 is 11.6 Å². The molecule has 5 rings (SSSR count). The number of halogens is 6. The Bertz CT molecular complexity index is 2790. The summed E-state index contributed by atoms with van der Waals surface area (Å²) in [5.41, 5.74) is 14.4. The fourth-order valence-electron chi connectivity index (χ4n) is 6.13. The molecule has 17 heteroatoms. The number of ether oxygens (including phenoxy) is 3. The van der Waals surface area contributed by atoms with Crippen molar-refractivity contribution >= 4 is 70.5 Å². The van der Waals surface area contributed by atoms with Gasteiger partial charge in [-0.1, -0.05) is 89.4 Å². The van der Waals surface area contributed by atoms with Crippen molar-refractivity contribution < 1.29 is 50.5 Å². The maximum Gasteiger partial charge on any atom is 0.412 e. The maximum absolute atomic E-state index is 13.6. The highest BCUT2D eigenvalue weighted by molar-refractivity contribution is 6.31. The van der Waals surface area contributed by atoms with Crippen molar-refractivity contribution in [2.24, 2.45) is 0 Å². The van der Waals surface area contributed by atoms with Crippen LogP contribution in [0.3, 0.4) is 0 Å². The molecule has 0 aromatic heterocycles. The Morgan fingerprint density at radius 3 is 1.20 bits per heavy atom. The van der Waals surface area contributed by atoms with E-state index in [9.17, 15) is 36.3 Å². The van der Waals surface area contributed by atoms with Gasteiger partial charge in [0.05, 0.1) is 5.02 Å². The normalized spacial score (nSPS) is 10.8. The summed E-state index contributed by atoms with van der Waals surface area (Å²) in [6.07, 6.45) is 15.7. The van der Waals surface area contributed by atoms with Gasteiger partial charge in [0.1, 0.15) is 45.9 Å². The highest BCUT2D eigenvalue weighted by Crippen LogP contribution is 2.23. The first kappa shape index (κ1) is 74.7. The zero-order valence-electron chi connectivity index (χ0n) is 50.5. The quantitative estimate of drug-likeness (QED) is 0.0317. The number of benzene rings is 5. The minimum Gasteiger partial charge on any atom is -0.444 e. The largest absolute Gasteiger partial charge is 0.444 e. The van der Waals surface area contributed by atoms with Gasteiger partial charge in [-0.25, -0.2) is 36.3 Å². The number of nitrogens with two attached hydrogens (primary N) is 2. The molecule has 0 heterocycles. The van der Waals surface area contributed by atoms with Crippen LogP contribution in [0.25, 0.3) is 12.2 Å². The van der Waals surface area contributed by atoms with E-state index in [0.29, 0.717) is 51.5 Å². The molecule has 0 aliphatic carbocycles. The molecule has 7 N–H and O–H groups in total. The van der Waals surface area contributed by atoms with Crippen LogP contribution in [0.2, 0.25) is 5.02 Å². The lowest BCUT2D eigenvalue weighted by atomic mass is 10.1. The van der Waals surface area contributed by atoms with Crippen LogP contribution in [-0.2, 0) is 27.1 Å². The first-order valence-corrected chi connectivity index (χ1v) is 27.7. The number of hydrogen-bond donors (Lipinski definition) is 5. The molecule has 0 saturated carbocycles. The summed E-state index contributed by atoms with van der Waals surface area (Å²) >= 11 is 5.56. The van der Waals surface area contributed by atoms with Crippen molar-refractivity contribution in [1.29, 1.82) is 0 Å². The molecule has 0 aliphatic rings. The van der Waals surface area contributed by atoms with E-state index in [0.717, 1.165) is 56.9 Å². The molecule has 0 spiro atoms. The standard InChI is InChI=1S/C15H22FNO2.C15H20FNO2.C11H13ClFNO2.C10H14FN.C10H12FN.C4H8/c2*1-5-6-7-11-10-12(8-9-13(11)16)17-14(18)19-15(2,3)4;1-11(2,3)16-10(15)14-7-4-5-9(13)8(12)6-7;2*1-2-3-4-8-7-9(12)5-6-10(8)11;1-3-4-2/h8-10H,5-7H2,1-4H3,(H,17,18);6-10H,5H2,1-4H3,(H,17,18);4-6H,1-3H3,(H,14,15);5-7H,2-4,12H2,1H3;3-7H,2,12H2,1H3;3H,1,4H2,2H3/b;7-6+;;;4-3+;. The number of nitrogens with one attached hydrogen (secondary N) is 3. The SMILES string of the molecule is C=CCC.CC(C)(C)OC(=O)Nc1ccc(F)c(Cl)c1.CC/C=C/c1cc(N)ccc1F.CC/C=C/c1cc(NC(=O)OC(C)(C)C)ccc1F.CCCCc1cc(N)ccc1F.CCCCc1cc(NC(=O)OC(C)(C)C)ccc1F. The van der Waals surface area contributed by atoms with E-state index in [1.165, 1.54) is 54.6 Å². The Morgan fingerprint density at radius 2 is 0.817 bits per heavy atom. The Labute approximate surface area is 490 Å². The third-order valence-corrected chi connectivity index (χ3v) is 10.2. The summed E-state index contributed by atoms with van der Waals surface area (Å²) in [5, 5.41) is 7.60. The molecule has 5 aromatic carbocycles. The molecule has 11 nitrogen and oxygen atoms in total. The number of unbranched alkanes of at least 4 members (excludes halogenated alkanes) is 2. The summed E-state index contributed by atoms with van der Waals surface area (Å²) in [6.45, 7) is 29.7. The van der Waals surface area contributed by atoms with Crippen molar-refractivity contribution in [2.45, 2.75) is 172 Å². The molecule has 0 saturated heterocycles. The predicted octanol–water partition coefficient (Wildman–Crippen LogP) is 20.1. The van der Waals surface area contributed by atoms with E-state index in [4.69, 9.17) is 37.3 Å². The van der Waals surface area contributed by atoms with E-state index in [2.05, 4.69) is 43.3 Å². The van der Waals surface area contributed by atoms with E-state index in [1.54, 1.807) is 111 Å². The zero-order valence-corrected chi connectivity index (χ0v) is 51.2. The Morgan fingerprint density at radius 1 is 0.488 bits per heavy atom. The lowest BCUT2D eigenvalue weighted by Gasteiger charge is -2.19. The van der Waals surface area contributed by atoms with Crippen LogP contribution in [0.4, 0.5) is 64.8 Å². The molecule has 0 unspecified atom stereocenters. The Hall–Kier alpha value is -7.33. The van der Waals surface area contributed by atoms with Crippen molar-refractivity contribution in [3.05, 3.63) is 172 Å². The van der Waals surface area contributed by atoms with Gasteiger partial charge in [0.2, 0.25) is 0 Å². The average molecular weight is 1170 g/mol. The number of carbonyl (C=O) groups excluding carboxylic acids is 3. The predicted molar refractivity (Wildman–Crippen MR) is 332 cm³/mol. The van der Waals surface area contributed by atoms with Gasteiger partial charge in [0.25, 0.3) is 0 Å². The van der Waals surface area contributed by atoms with Crippen molar-refractivity contribution in [1.82, 2.24) is 0 Å². The number of aryl methyl sites for hydroxylation is 2. The topological polar surface area (TPSA) is 167 Å². The highest BCUT2D eigenvalue weighted by Gasteiger charge is 2.19. The van der Waals surface area contributed by atoms with Gasteiger partial charge in [-0.15, -0.1) is 6.58 Å². The molecule has 82 heavy (non-hydrogen) atoms. The van der Waals surface area contributed by atoms with Crippen molar-refractivity contribution in [2.75, 3.05) is 27.4 Å². The van der Waals surface area contributed by atoms with Crippen LogP contribution in [0.5, 0.6) is 0 Å². The third-order valence-electron chi connectivity index (χ3n) is 9.94. The van der Waals surface area contributed by atoms with Gasteiger partial charge in [-0.3, -0.25) is 16.0 Å². The van der Waals surface area contributed by atoms with Gasteiger partial charge in [0.15, 0.2) is 0 Å². The van der Waals surface area contributed by atoms with Gasteiger partial charge in [-0.05, 0) is 209 Å². The number of carbonyl (C=O) groups is 3. The summed E-state index contributed by atoms with van der Waals surface area (Å²) in [5.74, 6) is -1.45. The number of anilines is 5. The first-order valence-electron chi connectivity index (χ1n) is 27.4. The molecule has 0 radical (unpaired) electrons. The number of hydrogen-bond acceptors (Lipinski definition) is 8. The molecule has 5 aromatic rings. The molecule has 0 aliphatic heterocycles. The first-order chi connectivity index (χ1) is 38.3. The minimum absolute atomic E-state index is 0.0476. The smallest absolute Gasteiger partial charge is 0.412 e. The van der Waals surface area contributed by atoms with E-state index in [-0.39, 0.29) is 28.3 Å². The fraction of sp³-hybridized carbons (Fsp3) is 0.400. The second-order valence-electron chi connectivity index (χ2n) is 21.2. The van der Waals surface area contributed by atoms with Crippen LogP contribution < -0.4 is 27.4 Å². The van der Waals surface area contributed by atoms with Crippen LogP contribution in [0.1, 0.15) is 164 Å². The second kappa shape index (κ2) is 39.2. The third kappa shape index (κ3) is 36.1. The van der Waals surface area contributed by atoms with Gasteiger partial charge in [0, 0.05) is 39.6 Å². The van der Waals surface area contributed by atoms with Crippen molar-refractivity contribution in [3.63, 3.8) is 0 Å². The summed E-state index contributed by atoms with van der Waals surface area (Å²) < 4.78 is 81.2. The molecular weight excluding hydrogens is 1080 g/mol. The maximum atomic E-state index is 13.6.